The molecule has 4 heteroatoms. The van der Waals surface area contributed by atoms with Crippen molar-refractivity contribution in [3.05, 3.63) is 84.9 Å². The quantitative estimate of drug-likeness (QED) is 0.306. The molecule has 0 aromatic heterocycles. The highest BCUT2D eigenvalue weighted by atomic mass is 16.5. The fourth-order valence-electron chi connectivity index (χ4n) is 4.65. The van der Waals surface area contributed by atoms with Crippen molar-refractivity contribution in [1.82, 2.24) is 4.90 Å². The maximum atomic E-state index is 6.52. The molecular weight excluding hydrogens is 420 g/mol. The topological polar surface area (TPSA) is 33.7 Å². The van der Waals surface area contributed by atoms with Crippen molar-refractivity contribution in [2.24, 2.45) is 0 Å². The molecule has 1 aliphatic rings. The number of anilines is 1. The number of rotatable bonds is 8. The van der Waals surface area contributed by atoms with E-state index in [0.717, 1.165) is 57.9 Å². The largest absolute Gasteiger partial charge is 0.497 e. The van der Waals surface area contributed by atoms with Gasteiger partial charge in [0, 0.05) is 29.7 Å². The smallest absolute Gasteiger partial charge is 0.143 e. The van der Waals surface area contributed by atoms with Gasteiger partial charge in [0.25, 0.3) is 0 Å². The summed E-state index contributed by atoms with van der Waals surface area (Å²) in [4.78, 5) is 2.55. The van der Waals surface area contributed by atoms with Gasteiger partial charge in [-0.2, -0.15) is 0 Å². The fraction of sp³-hybridized carbons (Fsp3) is 0.267. The van der Waals surface area contributed by atoms with Crippen molar-refractivity contribution < 1.29 is 9.47 Å². The normalized spacial score (nSPS) is 14.1. The van der Waals surface area contributed by atoms with Crippen LogP contribution < -0.4 is 14.8 Å². The summed E-state index contributed by atoms with van der Waals surface area (Å²) in [7, 11) is 1.69. The van der Waals surface area contributed by atoms with E-state index in [9.17, 15) is 0 Å². The maximum Gasteiger partial charge on any atom is 0.143 e. The van der Waals surface area contributed by atoms with Gasteiger partial charge in [-0.05, 0) is 79.3 Å². The average Bonchev–Trinajstić information content (AvgIpc) is 2.90. The number of nitrogens with zero attached hydrogens (tertiary/aromatic N) is 1. The summed E-state index contributed by atoms with van der Waals surface area (Å²) < 4.78 is 11.9. The molecule has 4 aromatic carbocycles. The second-order valence-corrected chi connectivity index (χ2v) is 8.85. The van der Waals surface area contributed by atoms with Crippen LogP contribution in [0.2, 0.25) is 0 Å². The van der Waals surface area contributed by atoms with Crippen LogP contribution in [0.1, 0.15) is 19.3 Å². The Balaban J connectivity index is 1.35. The van der Waals surface area contributed by atoms with E-state index in [-0.39, 0.29) is 0 Å². The van der Waals surface area contributed by atoms with Gasteiger partial charge in [-0.3, -0.25) is 0 Å². The number of piperidine rings is 1. The highest BCUT2D eigenvalue weighted by molar-refractivity contribution is 5.95. The molecule has 4 aromatic rings. The minimum absolute atomic E-state index is 0.827. The van der Waals surface area contributed by atoms with Crippen molar-refractivity contribution in [2.75, 3.05) is 38.6 Å². The predicted octanol–water partition coefficient (Wildman–Crippen LogP) is 7.21. The fourth-order valence-corrected chi connectivity index (χ4v) is 4.65. The predicted molar refractivity (Wildman–Crippen MR) is 141 cm³/mol. The number of methoxy groups -OCH3 is 1. The lowest BCUT2D eigenvalue weighted by Gasteiger charge is -2.26. The third kappa shape index (κ3) is 5.18. The summed E-state index contributed by atoms with van der Waals surface area (Å²) >= 11 is 0. The molecule has 174 valence electrons. The van der Waals surface area contributed by atoms with Crippen LogP contribution in [0.5, 0.6) is 17.2 Å². The highest BCUT2D eigenvalue weighted by Gasteiger charge is 2.13. The van der Waals surface area contributed by atoms with Gasteiger partial charge < -0.3 is 19.7 Å². The standard InChI is InChI=1S/C30H32N2O2/c1-33-26-14-9-24(10-15-26)29-18-11-23-7-3-4-8-28(23)30(29)34-27-16-12-25(13-17-27)31-19-22-32-20-5-2-6-21-32/h3-4,7-18,31H,2,5-6,19-22H2,1H3. The van der Waals surface area contributed by atoms with E-state index in [4.69, 9.17) is 9.47 Å². The molecule has 1 heterocycles. The molecule has 0 atom stereocenters. The molecule has 34 heavy (non-hydrogen) atoms. The van der Waals surface area contributed by atoms with Crippen LogP contribution in [0.4, 0.5) is 5.69 Å². The van der Waals surface area contributed by atoms with Crippen LogP contribution in [0.15, 0.2) is 84.9 Å². The molecule has 1 saturated heterocycles. The van der Waals surface area contributed by atoms with Crippen LogP contribution in [0, 0.1) is 0 Å². The Labute approximate surface area is 202 Å². The molecule has 0 spiro atoms. The zero-order chi connectivity index (χ0) is 23.2. The number of benzene rings is 4. The van der Waals surface area contributed by atoms with Gasteiger partial charge in [-0.25, -0.2) is 0 Å². The minimum atomic E-state index is 0.827. The Morgan fingerprint density at radius 1 is 0.765 bits per heavy atom. The van der Waals surface area contributed by atoms with Gasteiger partial charge in [-0.15, -0.1) is 0 Å². The first-order chi connectivity index (χ1) is 16.8. The molecule has 4 nitrogen and oxygen atoms in total. The van der Waals surface area contributed by atoms with E-state index in [2.05, 4.69) is 70.9 Å². The van der Waals surface area contributed by atoms with Crippen molar-refractivity contribution >= 4 is 16.5 Å². The average molecular weight is 453 g/mol. The number of fused-ring (bicyclic) bond motifs is 1. The van der Waals surface area contributed by atoms with Gasteiger partial charge in [0.05, 0.1) is 7.11 Å². The summed E-state index contributed by atoms with van der Waals surface area (Å²) in [6.45, 7) is 4.52. The monoisotopic (exact) mass is 452 g/mol. The number of hydrogen-bond acceptors (Lipinski definition) is 4. The van der Waals surface area contributed by atoms with Gasteiger partial charge in [-0.1, -0.05) is 48.9 Å². The molecule has 1 N–H and O–H groups in total. The summed E-state index contributed by atoms with van der Waals surface area (Å²) in [6.07, 6.45) is 4.04. The van der Waals surface area contributed by atoms with E-state index < -0.39 is 0 Å². The summed E-state index contributed by atoms with van der Waals surface area (Å²) in [5, 5.41) is 5.81. The lowest BCUT2D eigenvalue weighted by Crippen LogP contribution is -2.33. The van der Waals surface area contributed by atoms with Gasteiger partial charge >= 0.3 is 0 Å². The molecule has 0 saturated carbocycles. The van der Waals surface area contributed by atoms with Crippen LogP contribution in [-0.4, -0.2) is 38.2 Å². The Hall–Kier alpha value is -3.50. The van der Waals surface area contributed by atoms with Crippen molar-refractivity contribution in [3.63, 3.8) is 0 Å². The van der Waals surface area contributed by atoms with Crippen molar-refractivity contribution in [2.45, 2.75) is 19.3 Å². The van der Waals surface area contributed by atoms with Crippen LogP contribution in [0.3, 0.4) is 0 Å². The number of ether oxygens (including phenoxy) is 2. The summed E-state index contributed by atoms with van der Waals surface area (Å²) in [6, 6.07) is 29.1. The first kappa shape index (κ1) is 22.3. The zero-order valence-electron chi connectivity index (χ0n) is 19.8. The van der Waals surface area contributed by atoms with Gasteiger partial charge in [0.15, 0.2) is 0 Å². The number of hydrogen-bond donors (Lipinski definition) is 1. The van der Waals surface area contributed by atoms with E-state index in [1.807, 2.05) is 24.3 Å². The third-order valence-electron chi connectivity index (χ3n) is 6.56. The second kappa shape index (κ2) is 10.6. The first-order valence-electron chi connectivity index (χ1n) is 12.2. The Morgan fingerprint density at radius 3 is 2.26 bits per heavy atom. The molecule has 0 aliphatic carbocycles. The Kier molecular flexibility index (Phi) is 6.97. The molecule has 0 bridgehead atoms. The molecule has 0 amide bonds. The maximum absolute atomic E-state index is 6.52. The number of nitrogens with one attached hydrogen (secondary N) is 1. The second-order valence-electron chi connectivity index (χ2n) is 8.85. The lowest BCUT2D eigenvalue weighted by atomic mass is 9.99. The first-order valence-corrected chi connectivity index (χ1v) is 12.2. The van der Waals surface area contributed by atoms with E-state index >= 15 is 0 Å². The van der Waals surface area contributed by atoms with Crippen molar-refractivity contribution in [3.8, 4) is 28.4 Å². The van der Waals surface area contributed by atoms with Crippen LogP contribution >= 0.6 is 0 Å². The minimum Gasteiger partial charge on any atom is -0.497 e. The van der Waals surface area contributed by atoms with E-state index in [1.54, 1.807) is 7.11 Å². The molecule has 0 radical (unpaired) electrons. The summed E-state index contributed by atoms with van der Waals surface area (Å²) in [5.74, 6) is 2.54. The van der Waals surface area contributed by atoms with Crippen molar-refractivity contribution in [1.29, 1.82) is 0 Å². The molecule has 5 rings (SSSR count). The molecular formula is C30H32N2O2. The van der Waals surface area contributed by atoms with Crippen LogP contribution in [-0.2, 0) is 0 Å². The highest BCUT2D eigenvalue weighted by Crippen LogP contribution is 2.40. The number of likely N-dealkylation sites (tertiary alicyclic amines) is 1. The van der Waals surface area contributed by atoms with Crippen LogP contribution in [0.25, 0.3) is 21.9 Å². The molecule has 1 aliphatic heterocycles. The lowest BCUT2D eigenvalue weighted by molar-refractivity contribution is 0.237. The third-order valence-corrected chi connectivity index (χ3v) is 6.56. The van der Waals surface area contributed by atoms with Gasteiger partial charge in [0.2, 0.25) is 0 Å². The summed E-state index contributed by atoms with van der Waals surface area (Å²) in [5.41, 5.74) is 3.28. The zero-order valence-corrected chi connectivity index (χ0v) is 19.8. The molecule has 0 unspecified atom stereocenters. The Morgan fingerprint density at radius 2 is 1.50 bits per heavy atom. The Bertz CT molecular complexity index is 1210. The molecule has 1 fully saturated rings. The van der Waals surface area contributed by atoms with E-state index in [1.165, 1.54) is 32.4 Å². The van der Waals surface area contributed by atoms with E-state index in [0.29, 0.717) is 0 Å². The van der Waals surface area contributed by atoms with Gasteiger partial charge in [0.1, 0.15) is 17.2 Å². The SMILES string of the molecule is COc1ccc(-c2ccc3ccccc3c2Oc2ccc(NCCN3CCCCC3)cc2)cc1.